The summed E-state index contributed by atoms with van der Waals surface area (Å²) in [6.07, 6.45) is 3.59. The van der Waals surface area contributed by atoms with Crippen LogP contribution in [0, 0.1) is 16.0 Å². The molecule has 192 valence electrons. The van der Waals surface area contributed by atoms with E-state index in [1.54, 1.807) is 26.0 Å². The third kappa shape index (κ3) is 4.95. The first-order valence-electron chi connectivity index (χ1n) is 11.5. The summed E-state index contributed by atoms with van der Waals surface area (Å²) in [6.45, 7) is 3.58. The summed E-state index contributed by atoms with van der Waals surface area (Å²) in [5, 5.41) is 15.9. The van der Waals surface area contributed by atoms with E-state index >= 15 is 0 Å². The van der Waals surface area contributed by atoms with Gasteiger partial charge in [0.25, 0.3) is 0 Å². The van der Waals surface area contributed by atoms with Gasteiger partial charge in [0.1, 0.15) is 0 Å². The van der Waals surface area contributed by atoms with E-state index in [-0.39, 0.29) is 36.3 Å². The van der Waals surface area contributed by atoms with E-state index in [2.05, 4.69) is 5.32 Å². The number of benzene rings is 1. The van der Waals surface area contributed by atoms with Crippen molar-refractivity contribution in [3.63, 3.8) is 0 Å². The second-order valence-electron chi connectivity index (χ2n) is 8.51. The molecule has 36 heavy (non-hydrogen) atoms. The third-order valence-electron chi connectivity index (χ3n) is 6.36. The Kier molecular flexibility index (Phi) is 8.44. The number of rotatable bonds is 9. The van der Waals surface area contributed by atoms with Crippen molar-refractivity contribution in [3.8, 4) is 0 Å². The summed E-state index contributed by atoms with van der Waals surface area (Å²) in [5.74, 6) is -2.59. The van der Waals surface area contributed by atoms with Crippen molar-refractivity contribution in [1.29, 1.82) is 0 Å². The second-order valence-corrected chi connectivity index (χ2v) is 8.51. The molecule has 0 radical (unpaired) electrons. The zero-order valence-electron chi connectivity index (χ0n) is 20.8. The summed E-state index contributed by atoms with van der Waals surface area (Å²) in [7, 11) is 2.42. The van der Waals surface area contributed by atoms with Crippen LogP contribution >= 0.6 is 0 Å². The lowest BCUT2D eigenvalue weighted by molar-refractivity contribution is -0.616. The summed E-state index contributed by atoms with van der Waals surface area (Å²) >= 11 is 0. The van der Waals surface area contributed by atoms with Gasteiger partial charge in [-0.15, -0.1) is 0 Å². The molecule has 1 unspecified atom stereocenters. The van der Waals surface area contributed by atoms with Crippen LogP contribution in [-0.2, 0) is 23.8 Å². The molecular weight excluding hydrogens is 466 g/mol. The topological polar surface area (TPSA) is 143 Å². The molecule has 10 heteroatoms. The normalized spacial score (nSPS) is 20.4. The quantitative estimate of drug-likeness (QED) is 0.173. The lowest BCUT2D eigenvalue weighted by Crippen LogP contribution is -2.49. The average molecular weight is 498 g/mol. The number of allylic oxidation sites excluding steroid dienone is 4. The van der Waals surface area contributed by atoms with Gasteiger partial charge in [-0.3, -0.25) is 10.1 Å². The molecule has 0 aromatic heterocycles. The number of dihydropyridines is 1. The van der Waals surface area contributed by atoms with E-state index < -0.39 is 28.5 Å². The van der Waals surface area contributed by atoms with Gasteiger partial charge in [0, 0.05) is 17.0 Å². The Morgan fingerprint density at radius 1 is 1.08 bits per heavy atom. The number of hydrogen-bond acceptors (Lipinski definition) is 9. The summed E-state index contributed by atoms with van der Waals surface area (Å²) in [6, 6.07) is 9.25. The molecule has 0 spiro atoms. The number of hydrogen-bond donors (Lipinski definition) is 2. The van der Waals surface area contributed by atoms with E-state index in [9.17, 15) is 19.7 Å². The number of ether oxygens (including phenoxy) is 3. The largest absolute Gasteiger partial charge is 0.466 e. The Hall–Kier alpha value is -3.76. The van der Waals surface area contributed by atoms with Gasteiger partial charge in [-0.05, 0) is 37.9 Å². The first-order valence-corrected chi connectivity index (χ1v) is 11.5. The summed E-state index contributed by atoms with van der Waals surface area (Å²) in [5.41, 5.74) is 6.13. The van der Waals surface area contributed by atoms with Gasteiger partial charge < -0.3 is 25.3 Å². The van der Waals surface area contributed by atoms with Gasteiger partial charge in [-0.25, -0.2) is 9.59 Å². The maximum atomic E-state index is 13.0. The highest BCUT2D eigenvalue weighted by Crippen LogP contribution is 2.47. The van der Waals surface area contributed by atoms with Crippen molar-refractivity contribution < 1.29 is 28.7 Å². The lowest BCUT2D eigenvalue weighted by Gasteiger charge is -2.38. The molecule has 1 aromatic rings. The molecule has 0 saturated heterocycles. The van der Waals surface area contributed by atoms with Crippen molar-refractivity contribution in [2.24, 2.45) is 11.7 Å². The maximum Gasteiger partial charge on any atom is 0.352 e. The van der Waals surface area contributed by atoms with Crippen LogP contribution in [0.15, 0.2) is 70.6 Å². The number of nitrogens with two attached hydrogens (primary N) is 1. The van der Waals surface area contributed by atoms with Crippen LogP contribution in [0.1, 0.15) is 32.3 Å². The van der Waals surface area contributed by atoms with Crippen molar-refractivity contribution in [2.75, 3.05) is 27.4 Å². The predicted molar refractivity (Wildman–Crippen MR) is 133 cm³/mol. The van der Waals surface area contributed by atoms with Gasteiger partial charge in [0.15, 0.2) is 0 Å². The minimum Gasteiger partial charge on any atom is -0.466 e. The molecule has 1 heterocycles. The van der Waals surface area contributed by atoms with Crippen LogP contribution in [-0.4, -0.2) is 50.0 Å². The maximum absolute atomic E-state index is 13.0. The van der Waals surface area contributed by atoms with E-state index in [0.29, 0.717) is 23.4 Å². The molecule has 0 bridgehead atoms. The van der Waals surface area contributed by atoms with Crippen LogP contribution in [0.25, 0.3) is 5.57 Å². The van der Waals surface area contributed by atoms with E-state index in [4.69, 9.17) is 19.9 Å². The fourth-order valence-electron chi connectivity index (χ4n) is 4.66. The van der Waals surface area contributed by atoms with Crippen molar-refractivity contribution in [3.05, 3.63) is 86.3 Å². The minimum absolute atomic E-state index is 0.00830. The van der Waals surface area contributed by atoms with Crippen LogP contribution in [0.2, 0.25) is 0 Å². The zero-order chi connectivity index (χ0) is 26.5. The first kappa shape index (κ1) is 26.8. The predicted octanol–water partition coefficient (Wildman–Crippen LogP) is 2.85. The fraction of sp³-hybridized carbons (Fsp3) is 0.385. The highest BCUT2D eigenvalue weighted by atomic mass is 16.7. The van der Waals surface area contributed by atoms with Crippen LogP contribution in [0.4, 0.5) is 0 Å². The number of nitro groups is 1. The van der Waals surface area contributed by atoms with Gasteiger partial charge in [0.2, 0.25) is 0 Å². The van der Waals surface area contributed by atoms with Crippen LogP contribution in [0.5, 0.6) is 0 Å². The highest BCUT2D eigenvalue weighted by molar-refractivity contribution is 5.99. The monoisotopic (exact) mass is 497 g/mol. The second kappa shape index (κ2) is 11.3. The Morgan fingerprint density at radius 2 is 1.67 bits per heavy atom. The van der Waals surface area contributed by atoms with Crippen molar-refractivity contribution >= 4 is 17.5 Å². The lowest BCUT2D eigenvalue weighted by atomic mass is 9.72. The molecule has 3 rings (SSSR count). The van der Waals surface area contributed by atoms with Crippen molar-refractivity contribution in [2.45, 2.75) is 32.4 Å². The van der Waals surface area contributed by atoms with E-state index in [1.165, 1.54) is 14.2 Å². The molecule has 1 aliphatic heterocycles. The Labute approximate surface area is 209 Å². The van der Waals surface area contributed by atoms with Gasteiger partial charge in [0.05, 0.1) is 49.2 Å². The van der Waals surface area contributed by atoms with Crippen LogP contribution in [0.3, 0.4) is 0 Å². The number of carbonyl (C=O) groups excluding carboxylic acids is 2. The molecule has 0 fully saturated rings. The molecular formula is C26H31N3O7. The number of esters is 2. The van der Waals surface area contributed by atoms with E-state index in [1.807, 2.05) is 30.3 Å². The van der Waals surface area contributed by atoms with Crippen molar-refractivity contribution in [1.82, 2.24) is 5.32 Å². The van der Waals surface area contributed by atoms with Gasteiger partial charge >= 0.3 is 17.7 Å². The first-order chi connectivity index (χ1) is 17.2. The number of nitrogens with one attached hydrogen (secondary N) is 1. The molecule has 0 amide bonds. The molecule has 1 aromatic carbocycles. The Morgan fingerprint density at radius 3 is 2.17 bits per heavy atom. The fourth-order valence-corrected chi connectivity index (χ4v) is 4.66. The third-order valence-corrected chi connectivity index (χ3v) is 6.36. The Balaban J connectivity index is 2.32. The SMILES string of the molecule is COC(=O)C1=C(C)NC(C)=C(C(=O)OC)C1C1=CC=C(c2ccccc2)CC1(OCCCN)[N+](=O)[O-]. The average Bonchev–Trinajstić information content (AvgIpc) is 2.88. The minimum atomic E-state index is -2.07. The smallest absolute Gasteiger partial charge is 0.352 e. The molecule has 10 nitrogen and oxygen atoms in total. The van der Waals surface area contributed by atoms with E-state index in [0.717, 1.165) is 5.56 Å². The number of nitrogens with zero attached hydrogens (tertiary/aromatic N) is 1. The summed E-state index contributed by atoms with van der Waals surface area (Å²) in [4.78, 5) is 38.3. The highest BCUT2D eigenvalue weighted by Gasteiger charge is 2.56. The molecule has 2 aliphatic rings. The number of carbonyl (C=O) groups is 2. The zero-order valence-corrected chi connectivity index (χ0v) is 20.8. The number of methoxy groups -OCH3 is 2. The standard InChI is InChI=1S/C26H31N3O7/c1-16-21(24(30)34-3)23(22(17(2)28-16)25(31)35-4)20-12-11-19(18-9-6-5-7-10-18)15-26(20,29(32)33)36-14-8-13-27/h5-7,9-12,23,28H,8,13-15,27H2,1-4H3. The summed E-state index contributed by atoms with van der Waals surface area (Å²) < 4.78 is 16.1. The molecule has 1 aliphatic carbocycles. The molecule has 3 N–H and O–H groups in total. The molecule has 1 atom stereocenters. The van der Waals surface area contributed by atoms with Crippen LogP contribution < -0.4 is 11.1 Å². The Bertz CT molecular complexity index is 1130. The van der Waals surface area contributed by atoms with Gasteiger partial charge in [-0.1, -0.05) is 42.5 Å². The van der Waals surface area contributed by atoms with Gasteiger partial charge in [-0.2, -0.15) is 0 Å². The molecule has 0 saturated carbocycles.